The number of oxime groups is 1. The molecule has 1 aliphatic carbocycles. The first-order valence-corrected chi connectivity index (χ1v) is 9.22. The van der Waals surface area contributed by atoms with Crippen LogP contribution in [-0.2, 0) is 0 Å². The lowest BCUT2D eigenvalue weighted by Gasteiger charge is -2.29. The molecule has 0 saturated heterocycles. The highest BCUT2D eigenvalue weighted by atomic mass is 19.2. The van der Waals surface area contributed by atoms with Crippen molar-refractivity contribution in [2.75, 3.05) is 5.32 Å². The number of anilines is 1. The fourth-order valence-corrected chi connectivity index (χ4v) is 3.73. The summed E-state index contributed by atoms with van der Waals surface area (Å²) in [5, 5.41) is 24.3. The smallest absolute Gasteiger partial charge is 0.335 e. The van der Waals surface area contributed by atoms with E-state index >= 15 is 0 Å². The number of carboxylic acid groups (broad SMARTS) is 1. The van der Waals surface area contributed by atoms with E-state index in [2.05, 4.69) is 10.5 Å². The van der Waals surface area contributed by atoms with Gasteiger partial charge in [0.25, 0.3) is 0 Å². The Kier molecular flexibility index (Phi) is 6.23. The molecule has 2 aromatic carbocycles. The normalized spacial score (nSPS) is 20.0. The molecule has 0 aliphatic heterocycles. The zero-order valence-corrected chi connectivity index (χ0v) is 15.2. The van der Waals surface area contributed by atoms with Crippen molar-refractivity contribution in [2.24, 2.45) is 11.1 Å². The van der Waals surface area contributed by atoms with Crippen LogP contribution in [0.1, 0.15) is 53.9 Å². The van der Waals surface area contributed by atoms with Gasteiger partial charge in [0.2, 0.25) is 0 Å². The van der Waals surface area contributed by atoms with E-state index in [0.29, 0.717) is 29.8 Å². The van der Waals surface area contributed by atoms with Crippen LogP contribution < -0.4 is 5.32 Å². The summed E-state index contributed by atoms with van der Waals surface area (Å²) in [6, 6.07) is 10.4. The third-order valence-corrected chi connectivity index (χ3v) is 5.29. The summed E-state index contributed by atoms with van der Waals surface area (Å²) in [5.74, 6) is -1.80. The Hall–Kier alpha value is -2.96. The van der Waals surface area contributed by atoms with E-state index in [1.54, 1.807) is 12.1 Å². The number of aromatic carboxylic acids is 1. The minimum atomic E-state index is -0.961. The molecular formula is C21H22F2N2O3. The summed E-state index contributed by atoms with van der Waals surface area (Å²) in [5.41, 5.74) is 1.75. The van der Waals surface area contributed by atoms with Crippen LogP contribution in [0.15, 0.2) is 47.6 Å². The van der Waals surface area contributed by atoms with Gasteiger partial charge in [0.05, 0.1) is 5.56 Å². The molecule has 0 atom stereocenters. The van der Waals surface area contributed by atoms with Crippen LogP contribution in [-0.4, -0.2) is 22.1 Å². The Labute approximate surface area is 161 Å². The van der Waals surface area contributed by atoms with Crippen LogP contribution in [0.5, 0.6) is 0 Å². The molecule has 0 unspecified atom stereocenters. The highest BCUT2D eigenvalue weighted by molar-refractivity contribution is 5.95. The molecule has 0 heterocycles. The van der Waals surface area contributed by atoms with Crippen molar-refractivity contribution in [1.29, 1.82) is 0 Å². The predicted molar refractivity (Wildman–Crippen MR) is 102 cm³/mol. The maximum absolute atomic E-state index is 13.3. The van der Waals surface area contributed by atoms with Crippen LogP contribution in [0.4, 0.5) is 14.5 Å². The predicted octanol–water partition coefficient (Wildman–Crippen LogP) is 5.23. The maximum atomic E-state index is 13.3. The Morgan fingerprint density at radius 2 is 1.71 bits per heavy atom. The van der Waals surface area contributed by atoms with Gasteiger partial charge in [0.1, 0.15) is 5.84 Å². The number of nitrogens with one attached hydrogen (secondary N) is 1. The SMILES string of the molecule is O=C(O)c1ccc([C@H]2CC[C@@H](CC(=NO)Nc3ccc(F)c(F)c3)CC2)cc1. The number of amidine groups is 1. The van der Waals surface area contributed by atoms with Crippen molar-refractivity contribution >= 4 is 17.5 Å². The second-order valence-corrected chi connectivity index (χ2v) is 7.15. The molecular weight excluding hydrogens is 366 g/mol. The van der Waals surface area contributed by atoms with Crippen molar-refractivity contribution in [3.63, 3.8) is 0 Å². The molecule has 1 saturated carbocycles. The van der Waals surface area contributed by atoms with Gasteiger partial charge in [-0.2, -0.15) is 0 Å². The number of nitrogens with zero attached hydrogens (tertiary/aromatic N) is 1. The van der Waals surface area contributed by atoms with E-state index in [0.717, 1.165) is 43.4 Å². The van der Waals surface area contributed by atoms with E-state index in [1.807, 2.05) is 12.1 Å². The standard InChI is InChI=1S/C21H22F2N2O3/c22-18-10-9-17(12-19(18)23)24-20(25-28)11-13-1-3-14(4-2-13)15-5-7-16(8-6-15)21(26)27/h5-10,12-14,28H,1-4,11H2,(H,24,25)(H,26,27)/t13-,14+. The Morgan fingerprint density at radius 1 is 1.04 bits per heavy atom. The van der Waals surface area contributed by atoms with E-state index < -0.39 is 17.6 Å². The van der Waals surface area contributed by atoms with Crippen molar-refractivity contribution in [1.82, 2.24) is 0 Å². The van der Waals surface area contributed by atoms with Crippen LogP contribution in [0, 0.1) is 17.6 Å². The number of benzene rings is 2. The van der Waals surface area contributed by atoms with Crippen molar-refractivity contribution in [3.8, 4) is 0 Å². The van der Waals surface area contributed by atoms with Gasteiger partial charge in [-0.25, -0.2) is 13.6 Å². The van der Waals surface area contributed by atoms with E-state index in [1.165, 1.54) is 6.07 Å². The zero-order valence-electron chi connectivity index (χ0n) is 15.2. The van der Waals surface area contributed by atoms with Crippen LogP contribution in [0.3, 0.4) is 0 Å². The van der Waals surface area contributed by atoms with Crippen molar-refractivity contribution < 1.29 is 23.9 Å². The van der Waals surface area contributed by atoms with Crippen molar-refractivity contribution in [3.05, 3.63) is 65.2 Å². The molecule has 0 radical (unpaired) electrons. The lowest BCUT2D eigenvalue weighted by atomic mass is 9.77. The molecule has 0 spiro atoms. The first kappa shape index (κ1) is 19.8. The molecule has 148 valence electrons. The number of hydrogen-bond acceptors (Lipinski definition) is 3. The minimum absolute atomic E-state index is 0.282. The average molecular weight is 388 g/mol. The fraction of sp³-hybridized carbons (Fsp3) is 0.333. The minimum Gasteiger partial charge on any atom is -0.478 e. The van der Waals surface area contributed by atoms with Crippen LogP contribution in [0.25, 0.3) is 0 Å². The van der Waals surface area contributed by atoms with Gasteiger partial charge in [-0.1, -0.05) is 17.3 Å². The fourth-order valence-electron chi connectivity index (χ4n) is 3.73. The zero-order chi connectivity index (χ0) is 20.1. The molecule has 1 aliphatic rings. The Morgan fingerprint density at radius 3 is 2.29 bits per heavy atom. The quantitative estimate of drug-likeness (QED) is 0.284. The summed E-state index contributed by atoms with van der Waals surface area (Å²) in [4.78, 5) is 11.0. The molecule has 0 amide bonds. The van der Waals surface area contributed by atoms with Gasteiger partial charge in [0, 0.05) is 18.2 Å². The van der Waals surface area contributed by atoms with Crippen LogP contribution >= 0.6 is 0 Å². The largest absolute Gasteiger partial charge is 0.478 e. The Bertz CT molecular complexity index is 860. The first-order valence-electron chi connectivity index (χ1n) is 9.22. The van der Waals surface area contributed by atoms with Gasteiger partial charge >= 0.3 is 5.97 Å². The van der Waals surface area contributed by atoms with Gasteiger partial charge < -0.3 is 15.6 Å². The summed E-state index contributed by atoms with van der Waals surface area (Å²) in [6.07, 6.45) is 4.30. The topological polar surface area (TPSA) is 81.9 Å². The second-order valence-electron chi connectivity index (χ2n) is 7.15. The molecule has 5 nitrogen and oxygen atoms in total. The molecule has 2 aromatic rings. The number of hydrogen-bond donors (Lipinski definition) is 3. The second kappa shape index (κ2) is 8.82. The maximum Gasteiger partial charge on any atom is 0.335 e. The number of rotatable bonds is 5. The Balaban J connectivity index is 1.53. The highest BCUT2D eigenvalue weighted by Crippen LogP contribution is 2.37. The van der Waals surface area contributed by atoms with Crippen LogP contribution in [0.2, 0.25) is 0 Å². The monoisotopic (exact) mass is 388 g/mol. The van der Waals surface area contributed by atoms with Gasteiger partial charge in [-0.05, 0) is 67.3 Å². The van der Waals surface area contributed by atoms with E-state index in [9.17, 15) is 18.8 Å². The summed E-state index contributed by atoms with van der Waals surface area (Å²) in [6.45, 7) is 0. The number of halogens is 2. The average Bonchev–Trinajstić information content (AvgIpc) is 2.71. The molecule has 28 heavy (non-hydrogen) atoms. The lowest BCUT2D eigenvalue weighted by Crippen LogP contribution is -2.21. The molecule has 1 fully saturated rings. The van der Waals surface area contributed by atoms with Crippen molar-refractivity contribution in [2.45, 2.75) is 38.0 Å². The molecule has 0 bridgehead atoms. The molecule has 0 aromatic heterocycles. The third-order valence-electron chi connectivity index (χ3n) is 5.29. The van der Waals surface area contributed by atoms with Gasteiger partial charge in [-0.3, -0.25) is 0 Å². The van der Waals surface area contributed by atoms with Gasteiger partial charge in [0.15, 0.2) is 11.6 Å². The summed E-state index contributed by atoms with van der Waals surface area (Å²) >= 11 is 0. The molecule has 3 rings (SSSR count). The van der Waals surface area contributed by atoms with E-state index in [4.69, 9.17) is 5.11 Å². The summed E-state index contributed by atoms with van der Waals surface area (Å²) < 4.78 is 26.3. The number of carboxylic acids is 1. The first-order chi connectivity index (χ1) is 13.5. The number of carbonyl (C=O) groups is 1. The van der Waals surface area contributed by atoms with E-state index in [-0.39, 0.29) is 5.56 Å². The lowest BCUT2D eigenvalue weighted by molar-refractivity contribution is 0.0697. The highest BCUT2D eigenvalue weighted by Gasteiger charge is 2.24. The summed E-state index contributed by atoms with van der Waals surface area (Å²) in [7, 11) is 0. The molecule has 7 heteroatoms. The van der Waals surface area contributed by atoms with Gasteiger partial charge in [-0.15, -0.1) is 0 Å². The third kappa shape index (κ3) is 4.85. The molecule has 3 N–H and O–H groups in total.